The van der Waals surface area contributed by atoms with E-state index in [4.69, 9.17) is 5.11 Å². The lowest BCUT2D eigenvalue weighted by atomic mass is 10.2. The molecular weight excluding hydrogens is 266 g/mol. The van der Waals surface area contributed by atoms with Crippen LogP contribution in [-0.2, 0) is 6.54 Å². The number of aldehydes is 1. The van der Waals surface area contributed by atoms with Crippen LogP contribution in [-0.4, -0.2) is 27.8 Å². The molecule has 0 aliphatic rings. The molecule has 5 heteroatoms. The third kappa shape index (κ3) is 2.51. The highest BCUT2D eigenvalue weighted by atomic mass is 16.3. The highest BCUT2D eigenvalue weighted by Crippen LogP contribution is 2.26. The number of anilines is 2. The van der Waals surface area contributed by atoms with Gasteiger partial charge in [-0.1, -0.05) is 24.3 Å². The molecule has 106 valence electrons. The number of nitrogens with zero attached hydrogens (tertiary/aromatic N) is 2. The van der Waals surface area contributed by atoms with Crippen molar-refractivity contribution in [2.24, 2.45) is 0 Å². The summed E-state index contributed by atoms with van der Waals surface area (Å²) in [4.78, 5) is 11.1. The molecule has 0 aliphatic carbocycles. The third-order valence-corrected chi connectivity index (χ3v) is 3.31. The molecule has 21 heavy (non-hydrogen) atoms. The van der Waals surface area contributed by atoms with Crippen molar-refractivity contribution in [3.8, 4) is 0 Å². The summed E-state index contributed by atoms with van der Waals surface area (Å²) in [5.74, 6) is 0.674. The highest BCUT2D eigenvalue weighted by molar-refractivity contribution is 5.94. The fourth-order valence-corrected chi connectivity index (χ4v) is 2.33. The van der Waals surface area contributed by atoms with Gasteiger partial charge in [-0.25, -0.2) is 0 Å². The third-order valence-electron chi connectivity index (χ3n) is 3.31. The zero-order valence-electron chi connectivity index (χ0n) is 11.4. The summed E-state index contributed by atoms with van der Waals surface area (Å²) >= 11 is 0. The first-order valence-corrected chi connectivity index (χ1v) is 6.71. The van der Waals surface area contributed by atoms with Gasteiger partial charge >= 0.3 is 0 Å². The number of carbonyl (C=O) groups excluding carboxylic acids is 1. The Balaban J connectivity index is 2.06. The number of benzene rings is 2. The number of hydrogen-bond acceptors (Lipinski definition) is 4. The minimum atomic E-state index is 0.0238. The second-order valence-corrected chi connectivity index (χ2v) is 4.64. The van der Waals surface area contributed by atoms with Crippen LogP contribution in [0.5, 0.6) is 0 Å². The predicted molar refractivity (Wildman–Crippen MR) is 81.9 cm³/mol. The number of hydrogen-bond donors (Lipinski definition) is 2. The Hall–Kier alpha value is -2.66. The van der Waals surface area contributed by atoms with Crippen molar-refractivity contribution < 1.29 is 9.90 Å². The number of rotatable bonds is 5. The summed E-state index contributed by atoms with van der Waals surface area (Å²) in [5.41, 5.74) is 2.24. The molecule has 0 fully saturated rings. The van der Waals surface area contributed by atoms with Gasteiger partial charge in [0.25, 0.3) is 0 Å². The van der Waals surface area contributed by atoms with Gasteiger partial charge in [-0.05, 0) is 24.3 Å². The van der Waals surface area contributed by atoms with E-state index in [-0.39, 0.29) is 6.61 Å². The predicted octanol–water partition coefficient (Wildman–Crippen LogP) is 2.58. The van der Waals surface area contributed by atoms with Gasteiger partial charge in [-0.15, -0.1) is 0 Å². The van der Waals surface area contributed by atoms with Gasteiger partial charge in [0.15, 0.2) is 12.1 Å². The van der Waals surface area contributed by atoms with E-state index in [0.717, 1.165) is 17.2 Å². The summed E-state index contributed by atoms with van der Waals surface area (Å²) in [6.45, 7) is 0.452. The maximum absolute atomic E-state index is 11.1. The molecule has 0 saturated carbocycles. The zero-order chi connectivity index (χ0) is 14.7. The van der Waals surface area contributed by atoms with Crippen LogP contribution in [0.4, 0.5) is 11.5 Å². The van der Waals surface area contributed by atoms with Gasteiger partial charge in [0.2, 0.25) is 0 Å². The smallest absolute Gasteiger partial charge is 0.160 e. The van der Waals surface area contributed by atoms with Gasteiger partial charge in [0.1, 0.15) is 0 Å². The van der Waals surface area contributed by atoms with E-state index in [1.54, 1.807) is 10.7 Å². The lowest BCUT2D eigenvalue weighted by Gasteiger charge is -2.06. The summed E-state index contributed by atoms with van der Waals surface area (Å²) in [7, 11) is 0. The summed E-state index contributed by atoms with van der Waals surface area (Å²) in [5, 5.41) is 17.8. The molecule has 2 aromatic carbocycles. The number of nitrogens with one attached hydrogen (secondary N) is 1. The van der Waals surface area contributed by atoms with Crippen molar-refractivity contribution in [2.45, 2.75) is 6.54 Å². The Kier molecular flexibility index (Phi) is 3.66. The van der Waals surface area contributed by atoms with Crippen LogP contribution < -0.4 is 5.32 Å². The van der Waals surface area contributed by atoms with E-state index >= 15 is 0 Å². The Bertz CT molecular complexity index is 780. The first-order chi connectivity index (χ1) is 10.3. The van der Waals surface area contributed by atoms with Crippen LogP contribution in [0.1, 0.15) is 10.4 Å². The first-order valence-electron chi connectivity index (χ1n) is 6.71. The van der Waals surface area contributed by atoms with Crippen LogP contribution in [0, 0.1) is 0 Å². The van der Waals surface area contributed by atoms with Crippen LogP contribution in [0.3, 0.4) is 0 Å². The molecule has 3 rings (SSSR count). The number of aromatic nitrogens is 2. The molecule has 0 atom stereocenters. The van der Waals surface area contributed by atoms with E-state index in [1.807, 2.05) is 42.5 Å². The molecule has 0 unspecified atom stereocenters. The van der Waals surface area contributed by atoms with E-state index in [0.29, 0.717) is 23.6 Å². The van der Waals surface area contributed by atoms with Crippen LogP contribution in [0.15, 0.2) is 48.5 Å². The van der Waals surface area contributed by atoms with E-state index in [2.05, 4.69) is 10.4 Å². The van der Waals surface area contributed by atoms with Crippen molar-refractivity contribution in [3.05, 3.63) is 54.1 Å². The van der Waals surface area contributed by atoms with Crippen molar-refractivity contribution in [3.63, 3.8) is 0 Å². The summed E-state index contributed by atoms with van der Waals surface area (Å²) in [6, 6.07) is 15.0. The minimum absolute atomic E-state index is 0.0238. The summed E-state index contributed by atoms with van der Waals surface area (Å²) in [6.07, 6.45) is 0.815. The van der Waals surface area contributed by atoms with Crippen molar-refractivity contribution in [1.82, 2.24) is 9.78 Å². The van der Waals surface area contributed by atoms with Crippen LogP contribution in [0.25, 0.3) is 10.9 Å². The maximum Gasteiger partial charge on any atom is 0.160 e. The second kappa shape index (κ2) is 5.76. The molecule has 0 spiro atoms. The molecule has 1 aromatic heterocycles. The largest absolute Gasteiger partial charge is 0.394 e. The number of aliphatic hydroxyl groups excluding tert-OH is 1. The topological polar surface area (TPSA) is 67.2 Å². The number of para-hydroxylation sites is 2. The molecule has 0 amide bonds. The molecule has 0 saturated heterocycles. The van der Waals surface area contributed by atoms with Gasteiger partial charge in [-0.2, -0.15) is 5.10 Å². The SMILES string of the molecule is O=Cc1ccccc1Nc1nn(CCO)c2ccccc12. The Labute approximate surface area is 121 Å². The Morgan fingerprint density at radius 1 is 1.14 bits per heavy atom. The lowest BCUT2D eigenvalue weighted by molar-refractivity contribution is 0.112. The monoisotopic (exact) mass is 281 g/mol. The van der Waals surface area contributed by atoms with Gasteiger partial charge in [-0.3, -0.25) is 9.48 Å². The average Bonchev–Trinajstić information content (AvgIpc) is 2.87. The lowest BCUT2D eigenvalue weighted by Crippen LogP contribution is -2.04. The van der Waals surface area contributed by atoms with Gasteiger partial charge in [0.05, 0.1) is 24.4 Å². The number of carbonyl (C=O) groups is 1. The Morgan fingerprint density at radius 2 is 1.90 bits per heavy atom. The summed E-state index contributed by atoms with van der Waals surface area (Å²) < 4.78 is 1.75. The first kappa shape index (κ1) is 13.3. The molecule has 2 N–H and O–H groups in total. The van der Waals surface area contributed by atoms with E-state index < -0.39 is 0 Å². The van der Waals surface area contributed by atoms with Crippen molar-refractivity contribution in [1.29, 1.82) is 0 Å². The number of fused-ring (bicyclic) bond motifs is 1. The zero-order valence-corrected chi connectivity index (χ0v) is 11.4. The standard InChI is InChI=1S/C16H15N3O2/c20-10-9-19-15-8-4-2-6-13(15)16(18-19)17-14-7-3-1-5-12(14)11-21/h1-8,11,20H,9-10H2,(H,17,18). The molecule has 0 radical (unpaired) electrons. The van der Waals surface area contributed by atoms with Crippen molar-refractivity contribution in [2.75, 3.05) is 11.9 Å². The average molecular weight is 281 g/mol. The van der Waals surface area contributed by atoms with E-state index in [9.17, 15) is 4.79 Å². The van der Waals surface area contributed by atoms with Crippen molar-refractivity contribution >= 4 is 28.7 Å². The fourth-order valence-electron chi connectivity index (χ4n) is 2.33. The van der Waals surface area contributed by atoms with Crippen LogP contribution in [0.2, 0.25) is 0 Å². The normalized spacial score (nSPS) is 10.7. The molecular formula is C16H15N3O2. The minimum Gasteiger partial charge on any atom is -0.394 e. The molecule has 0 bridgehead atoms. The highest BCUT2D eigenvalue weighted by Gasteiger charge is 2.11. The molecule has 5 nitrogen and oxygen atoms in total. The van der Waals surface area contributed by atoms with E-state index in [1.165, 1.54) is 0 Å². The quantitative estimate of drug-likeness (QED) is 0.705. The van der Waals surface area contributed by atoms with Gasteiger partial charge in [0, 0.05) is 10.9 Å². The molecule has 1 heterocycles. The van der Waals surface area contributed by atoms with Crippen LogP contribution >= 0.6 is 0 Å². The molecule has 3 aromatic rings. The number of aliphatic hydroxyl groups is 1. The second-order valence-electron chi connectivity index (χ2n) is 4.64. The fraction of sp³-hybridized carbons (Fsp3) is 0.125. The maximum atomic E-state index is 11.1. The van der Waals surface area contributed by atoms with Gasteiger partial charge < -0.3 is 10.4 Å². The Morgan fingerprint density at radius 3 is 2.71 bits per heavy atom. The molecule has 0 aliphatic heterocycles.